The van der Waals surface area contributed by atoms with E-state index in [0.717, 1.165) is 42.1 Å². The fourth-order valence-corrected chi connectivity index (χ4v) is 5.11. The highest BCUT2D eigenvalue weighted by atomic mass is 79.9. The monoisotopic (exact) mass is 548 g/mol. The van der Waals surface area contributed by atoms with Gasteiger partial charge in [-0.2, -0.15) is 0 Å². The molecule has 2 aromatic rings. The lowest BCUT2D eigenvalue weighted by Crippen LogP contribution is -2.52. The fraction of sp³-hybridized carbons (Fsp3) is 0.481. The summed E-state index contributed by atoms with van der Waals surface area (Å²) in [6, 6.07) is 12.8. The number of benzene rings is 2. The molecule has 1 atom stereocenters. The summed E-state index contributed by atoms with van der Waals surface area (Å²) in [7, 11) is 0. The number of rotatable bonds is 10. The van der Waals surface area contributed by atoms with Crippen LogP contribution in [0, 0.1) is 0 Å². The highest BCUT2D eigenvalue weighted by molar-refractivity contribution is 9.10. The van der Waals surface area contributed by atoms with Gasteiger partial charge in [0.15, 0.2) is 6.61 Å². The predicted molar refractivity (Wildman–Crippen MR) is 140 cm³/mol. The van der Waals surface area contributed by atoms with E-state index in [1.165, 1.54) is 12.0 Å². The number of ether oxygens (including phenoxy) is 1. The van der Waals surface area contributed by atoms with E-state index in [9.17, 15) is 9.59 Å². The molecule has 0 aromatic heterocycles. The molecule has 2 aromatic carbocycles. The average Bonchev–Trinajstić information content (AvgIpc) is 2.84. The zero-order valence-electron chi connectivity index (χ0n) is 20.0. The highest BCUT2D eigenvalue weighted by Gasteiger charge is 2.31. The van der Waals surface area contributed by atoms with Gasteiger partial charge in [-0.1, -0.05) is 69.0 Å². The van der Waals surface area contributed by atoms with Crippen molar-refractivity contribution in [2.24, 2.45) is 0 Å². The third-order valence-electron chi connectivity index (χ3n) is 6.39. The summed E-state index contributed by atoms with van der Waals surface area (Å²) in [5.74, 6) is 0.239. The largest absolute Gasteiger partial charge is 0.483 e. The molecule has 0 unspecified atom stereocenters. The summed E-state index contributed by atoms with van der Waals surface area (Å²) >= 11 is 9.93. The van der Waals surface area contributed by atoms with Crippen LogP contribution in [-0.2, 0) is 22.6 Å². The zero-order chi connectivity index (χ0) is 24.5. The first-order valence-corrected chi connectivity index (χ1v) is 13.3. The van der Waals surface area contributed by atoms with Crippen molar-refractivity contribution in [2.75, 3.05) is 6.61 Å². The lowest BCUT2D eigenvalue weighted by Gasteiger charge is -2.33. The standard InChI is InChI=1S/C27H34BrClN2O3/c1-3-19-14-15-25(22(28)16-19)34-18-26(32)31(17-20-10-8-9-13-23(20)29)24(4-2)27(33)30-21-11-6-5-7-12-21/h8-10,13-16,21,24H,3-7,11-12,17-18H2,1-2H3,(H,30,33)/t24-/m1/s1. The van der Waals surface area contributed by atoms with Crippen LogP contribution in [0.25, 0.3) is 0 Å². The van der Waals surface area contributed by atoms with Gasteiger partial charge < -0.3 is 15.0 Å². The van der Waals surface area contributed by atoms with Crippen LogP contribution in [0.3, 0.4) is 0 Å². The number of halogens is 2. The molecule has 0 radical (unpaired) electrons. The number of hydrogen-bond acceptors (Lipinski definition) is 3. The molecule has 5 nitrogen and oxygen atoms in total. The minimum absolute atomic E-state index is 0.108. The van der Waals surface area contributed by atoms with Crippen LogP contribution in [0.15, 0.2) is 46.9 Å². The van der Waals surface area contributed by atoms with Gasteiger partial charge in [0.25, 0.3) is 5.91 Å². The predicted octanol–water partition coefficient (Wildman–Crippen LogP) is 6.30. The Balaban J connectivity index is 1.77. The summed E-state index contributed by atoms with van der Waals surface area (Å²) in [6.45, 7) is 4.09. The molecule has 3 rings (SSSR count). The molecule has 0 aliphatic heterocycles. The van der Waals surface area contributed by atoms with Crippen molar-refractivity contribution >= 4 is 39.3 Å². The van der Waals surface area contributed by atoms with Crippen molar-refractivity contribution in [3.8, 4) is 5.75 Å². The molecule has 1 aliphatic carbocycles. The van der Waals surface area contributed by atoms with Crippen LogP contribution in [0.2, 0.25) is 5.02 Å². The Kier molecular flexibility index (Phi) is 10.3. The molecule has 1 saturated carbocycles. The molecule has 1 fully saturated rings. The Morgan fingerprint density at radius 3 is 2.53 bits per heavy atom. The number of hydrogen-bond donors (Lipinski definition) is 1. The van der Waals surface area contributed by atoms with E-state index in [4.69, 9.17) is 16.3 Å². The Morgan fingerprint density at radius 2 is 1.88 bits per heavy atom. The molecular weight excluding hydrogens is 516 g/mol. The van der Waals surface area contributed by atoms with Gasteiger partial charge in [-0.25, -0.2) is 0 Å². The second-order valence-corrected chi connectivity index (χ2v) is 10.0. The fourth-order valence-electron chi connectivity index (χ4n) is 4.38. The van der Waals surface area contributed by atoms with Gasteiger partial charge in [-0.05, 0) is 70.9 Å². The van der Waals surface area contributed by atoms with E-state index in [1.807, 2.05) is 43.3 Å². The smallest absolute Gasteiger partial charge is 0.261 e. The van der Waals surface area contributed by atoms with Gasteiger partial charge in [0.2, 0.25) is 5.91 Å². The average molecular weight is 550 g/mol. The van der Waals surface area contributed by atoms with Crippen LogP contribution >= 0.6 is 27.5 Å². The maximum atomic E-state index is 13.4. The van der Waals surface area contributed by atoms with Crippen LogP contribution in [0.1, 0.15) is 63.5 Å². The molecular formula is C27H34BrClN2O3. The van der Waals surface area contributed by atoms with E-state index in [-0.39, 0.29) is 31.0 Å². The zero-order valence-corrected chi connectivity index (χ0v) is 22.3. The molecule has 1 aliphatic rings. The summed E-state index contributed by atoms with van der Waals surface area (Å²) in [5, 5.41) is 3.76. The molecule has 184 valence electrons. The quantitative estimate of drug-likeness (QED) is 0.378. The van der Waals surface area contributed by atoms with Crippen molar-refractivity contribution in [1.29, 1.82) is 0 Å². The summed E-state index contributed by atoms with van der Waals surface area (Å²) in [6.07, 6.45) is 6.87. The Morgan fingerprint density at radius 1 is 1.15 bits per heavy atom. The first-order chi connectivity index (χ1) is 16.4. The van der Waals surface area contributed by atoms with Crippen LogP contribution in [-0.4, -0.2) is 35.4 Å². The minimum atomic E-state index is -0.597. The van der Waals surface area contributed by atoms with E-state index in [0.29, 0.717) is 17.2 Å². The number of amides is 2. The van der Waals surface area contributed by atoms with Crippen molar-refractivity contribution in [1.82, 2.24) is 10.2 Å². The Hall–Kier alpha value is -2.05. The molecule has 34 heavy (non-hydrogen) atoms. The summed E-state index contributed by atoms with van der Waals surface area (Å²) in [5.41, 5.74) is 1.98. The number of nitrogens with zero attached hydrogens (tertiary/aromatic N) is 1. The number of carbonyl (C=O) groups excluding carboxylic acids is 2. The number of nitrogens with one attached hydrogen (secondary N) is 1. The SMILES string of the molecule is CCc1ccc(OCC(=O)N(Cc2ccccc2Cl)[C@H](CC)C(=O)NC2CCCCC2)c(Br)c1. The molecule has 1 N–H and O–H groups in total. The maximum Gasteiger partial charge on any atom is 0.261 e. The van der Waals surface area contributed by atoms with Crippen molar-refractivity contribution < 1.29 is 14.3 Å². The van der Waals surface area contributed by atoms with E-state index in [1.54, 1.807) is 11.0 Å². The lowest BCUT2D eigenvalue weighted by atomic mass is 9.95. The van der Waals surface area contributed by atoms with Gasteiger partial charge in [-0.3, -0.25) is 9.59 Å². The third-order valence-corrected chi connectivity index (χ3v) is 7.38. The summed E-state index contributed by atoms with van der Waals surface area (Å²) in [4.78, 5) is 28.3. The van der Waals surface area contributed by atoms with Gasteiger partial charge >= 0.3 is 0 Å². The summed E-state index contributed by atoms with van der Waals surface area (Å²) < 4.78 is 6.67. The Bertz CT molecular complexity index is 978. The highest BCUT2D eigenvalue weighted by Crippen LogP contribution is 2.27. The van der Waals surface area contributed by atoms with E-state index < -0.39 is 6.04 Å². The number of carbonyl (C=O) groups is 2. The molecule has 2 amide bonds. The third kappa shape index (κ3) is 7.22. The lowest BCUT2D eigenvalue weighted by molar-refractivity contribution is -0.143. The van der Waals surface area contributed by atoms with Gasteiger partial charge in [0.1, 0.15) is 11.8 Å². The van der Waals surface area contributed by atoms with Crippen LogP contribution in [0.4, 0.5) is 0 Å². The Labute approximate surface area is 216 Å². The molecule has 0 bridgehead atoms. The second kappa shape index (κ2) is 13.1. The minimum Gasteiger partial charge on any atom is -0.483 e. The number of aryl methyl sites for hydroxylation is 1. The van der Waals surface area contributed by atoms with Gasteiger partial charge in [0.05, 0.1) is 4.47 Å². The van der Waals surface area contributed by atoms with Crippen molar-refractivity contribution in [2.45, 2.75) is 77.4 Å². The topological polar surface area (TPSA) is 58.6 Å². The van der Waals surface area contributed by atoms with Gasteiger partial charge in [0, 0.05) is 17.6 Å². The van der Waals surface area contributed by atoms with Crippen LogP contribution in [0.5, 0.6) is 5.75 Å². The first kappa shape index (κ1) is 26.6. The normalized spacial score (nSPS) is 14.9. The van der Waals surface area contributed by atoms with Crippen molar-refractivity contribution in [3.05, 3.63) is 63.1 Å². The molecule has 0 heterocycles. The molecule has 7 heteroatoms. The van der Waals surface area contributed by atoms with Gasteiger partial charge in [-0.15, -0.1) is 0 Å². The molecule has 0 spiro atoms. The second-order valence-electron chi connectivity index (χ2n) is 8.79. The van der Waals surface area contributed by atoms with Crippen molar-refractivity contribution in [3.63, 3.8) is 0 Å². The van der Waals surface area contributed by atoms with E-state index in [2.05, 4.69) is 28.2 Å². The molecule has 0 saturated heterocycles. The van der Waals surface area contributed by atoms with E-state index >= 15 is 0 Å². The van der Waals surface area contributed by atoms with Crippen LogP contribution < -0.4 is 10.1 Å². The maximum absolute atomic E-state index is 13.4. The first-order valence-electron chi connectivity index (χ1n) is 12.2.